The molecule has 0 saturated heterocycles. The molecule has 1 heterocycles. The van der Waals surface area contributed by atoms with Crippen LogP contribution in [-0.4, -0.2) is 34.8 Å². The minimum absolute atomic E-state index is 0.00156. The Kier molecular flexibility index (Phi) is 5.54. The molecule has 0 aliphatic carbocycles. The summed E-state index contributed by atoms with van der Waals surface area (Å²) < 4.78 is 0. The van der Waals surface area contributed by atoms with Gasteiger partial charge in [0.25, 0.3) is 0 Å². The number of aliphatic hydroxyl groups excluding tert-OH is 1. The van der Waals surface area contributed by atoms with Crippen LogP contribution < -0.4 is 10.6 Å². The van der Waals surface area contributed by atoms with E-state index >= 15 is 0 Å². The Bertz CT molecular complexity index is 418. The fraction of sp³-hybridized carbons (Fsp3) is 0.714. The minimum Gasteiger partial charge on any atom is -0.394 e. The van der Waals surface area contributed by atoms with E-state index in [1.807, 2.05) is 14.0 Å². The van der Waals surface area contributed by atoms with E-state index in [-0.39, 0.29) is 18.6 Å². The normalized spacial score (nSPS) is 12.9. The lowest BCUT2D eigenvalue weighted by Crippen LogP contribution is -2.30. The molecule has 5 heteroatoms. The second-order valence-electron chi connectivity index (χ2n) is 5.49. The molecule has 0 spiro atoms. The third-order valence-electron chi connectivity index (χ3n) is 3.24. The van der Waals surface area contributed by atoms with Gasteiger partial charge in [-0.3, -0.25) is 0 Å². The van der Waals surface area contributed by atoms with E-state index in [9.17, 15) is 5.11 Å². The van der Waals surface area contributed by atoms with Crippen molar-refractivity contribution in [2.75, 3.05) is 24.3 Å². The highest BCUT2D eigenvalue weighted by atomic mass is 16.3. The van der Waals surface area contributed by atoms with Crippen molar-refractivity contribution in [3.63, 3.8) is 0 Å². The minimum atomic E-state index is -0.00156. The predicted octanol–water partition coefficient (Wildman–Crippen LogP) is 2.38. The van der Waals surface area contributed by atoms with Crippen molar-refractivity contribution in [2.24, 2.45) is 5.92 Å². The first-order chi connectivity index (χ1) is 8.90. The van der Waals surface area contributed by atoms with Crippen molar-refractivity contribution in [3.8, 4) is 0 Å². The summed E-state index contributed by atoms with van der Waals surface area (Å²) in [4.78, 5) is 9.08. The van der Waals surface area contributed by atoms with Crippen molar-refractivity contribution in [3.05, 3.63) is 11.4 Å². The monoisotopic (exact) mass is 266 g/mol. The lowest BCUT2D eigenvalue weighted by atomic mass is 10.1. The molecule has 0 aliphatic rings. The van der Waals surface area contributed by atoms with Crippen LogP contribution in [0.5, 0.6) is 0 Å². The van der Waals surface area contributed by atoms with Crippen LogP contribution in [0.4, 0.5) is 11.6 Å². The maximum absolute atomic E-state index is 9.43. The Balaban J connectivity index is 3.14. The summed E-state index contributed by atoms with van der Waals surface area (Å²) in [6, 6.07) is -0.00156. The van der Waals surface area contributed by atoms with Gasteiger partial charge in [-0.1, -0.05) is 27.7 Å². The molecule has 19 heavy (non-hydrogen) atoms. The Labute approximate surface area is 115 Å². The van der Waals surface area contributed by atoms with Gasteiger partial charge in [0.1, 0.15) is 17.5 Å². The molecule has 0 fully saturated rings. The number of hydrogen-bond acceptors (Lipinski definition) is 5. The third-order valence-corrected chi connectivity index (χ3v) is 3.24. The van der Waals surface area contributed by atoms with Crippen LogP contribution in [0.15, 0.2) is 0 Å². The lowest BCUT2D eigenvalue weighted by Gasteiger charge is -2.23. The molecular weight excluding hydrogens is 240 g/mol. The fourth-order valence-corrected chi connectivity index (χ4v) is 1.77. The third kappa shape index (κ3) is 3.80. The van der Waals surface area contributed by atoms with Crippen molar-refractivity contribution >= 4 is 11.6 Å². The molecule has 0 bridgehead atoms. The summed E-state index contributed by atoms with van der Waals surface area (Å²) in [5.41, 5.74) is 0.978. The maximum atomic E-state index is 9.43. The van der Waals surface area contributed by atoms with Crippen LogP contribution >= 0.6 is 0 Å². The number of nitrogens with one attached hydrogen (secondary N) is 2. The molecule has 0 aromatic carbocycles. The van der Waals surface area contributed by atoms with E-state index < -0.39 is 0 Å². The molecule has 5 nitrogen and oxygen atoms in total. The number of rotatable bonds is 6. The fourth-order valence-electron chi connectivity index (χ4n) is 1.77. The number of anilines is 2. The Morgan fingerprint density at radius 1 is 1.11 bits per heavy atom. The van der Waals surface area contributed by atoms with Crippen LogP contribution in [-0.2, 0) is 0 Å². The van der Waals surface area contributed by atoms with Crippen LogP contribution in [0, 0.1) is 12.8 Å². The first kappa shape index (κ1) is 15.7. The van der Waals surface area contributed by atoms with Crippen LogP contribution in [0.1, 0.15) is 45.0 Å². The molecule has 0 radical (unpaired) electrons. The molecule has 0 aliphatic heterocycles. The smallest absolute Gasteiger partial charge is 0.135 e. The summed E-state index contributed by atoms with van der Waals surface area (Å²) in [6.07, 6.45) is 0. The largest absolute Gasteiger partial charge is 0.394 e. The van der Waals surface area contributed by atoms with E-state index in [0.29, 0.717) is 5.92 Å². The quantitative estimate of drug-likeness (QED) is 0.737. The Hall–Kier alpha value is -1.36. The van der Waals surface area contributed by atoms with Gasteiger partial charge < -0.3 is 15.7 Å². The van der Waals surface area contributed by atoms with Gasteiger partial charge in [-0.15, -0.1) is 0 Å². The van der Waals surface area contributed by atoms with E-state index in [0.717, 1.165) is 23.0 Å². The summed E-state index contributed by atoms with van der Waals surface area (Å²) in [6.45, 7) is 10.4. The predicted molar refractivity (Wildman–Crippen MR) is 79.7 cm³/mol. The number of aromatic nitrogens is 2. The zero-order valence-electron chi connectivity index (χ0n) is 12.8. The van der Waals surface area contributed by atoms with E-state index in [1.54, 1.807) is 0 Å². The molecule has 108 valence electrons. The summed E-state index contributed by atoms with van der Waals surface area (Å²) in [7, 11) is 1.86. The first-order valence-electron chi connectivity index (χ1n) is 6.84. The van der Waals surface area contributed by atoms with Crippen LogP contribution in [0.3, 0.4) is 0 Å². The lowest BCUT2D eigenvalue weighted by molar-refractivity contribution is 0.249. The van der Waals surface area contributed by atoms with E-state index in [4.69, 9.17) is 0 Å². The van der Waals surface area contributed by atoms with Gasteiger partial charge >= 0.3 is 0 Å². The maximum Gasteiger partial charge on any atom is 0.135 e. The standard InChI is InChI=1S/C14H26N4O/c1-8(2)11(7-19)16-14-10(5)13(15-6)17-12(18-14)9(3)4/h8-9,11,19H,7H2,1-6H3,(H2,15,16,17,18). The molecule has 0 amide bonds. The molecular formula is C14H26N4O. The topological polar surface area (TPSA) is 70.1 Å². The molecule has 1 aromatic rings. The second-order valence-corrected chi connectivity index (χ2v) is 5.49. The van der Waals surface area contributed by atoms with Gasteiger partial charge in [0.05, 0.1) is 12.6 Å². The van der Waals surface area contributed by atoms with Crippen molar-refractivity contribution in [1.82, 2.24) is 9.97 Å². The highest BCUT2D eigenvalue weighted by Gasteiger charge is 2.17. The molecule has 3 N–H and O–H groups in total. The molecule has 1 unspecified atom stereocenters. The molecule has 1 atom stereocenters. The second kappa shape index (κ2) is 6.70. The van der Waals surface area contributed by atoms with Crippen molar-refractivity contribution in [2.45, 2.75) is 46.6 Å². The SMILES string of the molecule is CNc1nc(C(C)C)nc(NC(CO)C(C)C)c1C. The van der Waals surface area contributed by atoms with Gasteiger partial charge in [-0.25, -0.2) is 9.97 Å². The summed E-state index contributed by atoms with van der Waals surface area (Å²) in [5, 5.41) is 15.9. The number of hydrogen-bond donors (Lipinski definition) is 3. The van der Waals surface area contributed by atoms with Gasteiger partial charge in [-0.05, 0) is 12.8 Å². The number of nitrogens with zero attached hydrogens (tertiary/aromatic N) is 2. The zero-order chi connectivity index (χ0) is 14.6. The highest BCUT2D eigenvalue weighted by Crippen LogP contribution is 2.24. The Morgan fingerprint density at radius 3 is 2.11 bits per heavy atom. The summed E-state index contributed by atoms with van der Waals surface area (Å²) >= 11 is 0. The van der Waals surface area contributed by atoms with E-state index in [1.165, 1.54) is 0 Å². The van der Waals surface area contributed by atoms with Crippen molar-refractivity contribution < 1.29 is 5.11 Å². The Morgan fingerprint density at radius 2 is 1.68 bits per heavy atom. The number of aliphatic hydroxyl groups is 1. The summed E-state index contributed by atoms with van der Waals surface area (Å²) in [5.74, 6) is 3.04. The van der Waals surface area contributed by atoms with Gasteiger partial charge in [0.15, 0.2) is 0 Å². The molecule has 0 saturated carbocycles. The molecule has 1 rings (SSSR count). The van der Waals surface area contributed by atoms with Gasteiger partial charge in [-0.2, -0.15) is 0 Å². The van der Waals surface area contributed by atoms with Gasteiger partial charge in [0.2, 0.25) is 0 Å². The highest BCUT2D eigenvalue weighted by molar-refractivity contribution is 5.57. The average molecular weight is 266 g/mol. The van der Waals surface area contributed by atoms with E-state index in [2.05, 4.69) is 48.3 Å². The average Bonchev–Trinajstić information content (AvgIpc) is 2.36. The molecule has 1 aromatic heterocycles. The van der Waals surface area contributed by atoms with Crippen LogP contribution in [0.2, 0.25) is 0 Å². The first-order valence-corrected chi connectivity index (χ1v) is 6.84. The zero-order valence-corrected chi connectivity index (χ0v) is 12.8. The van der Waals surface area contributed by atoms with Crippen LogP contribution in [0.25, 0.3) is 0 Å². The van der Waals surface area contributed by atoms with Crippen molar-refractivity contribution in [1.29, 1.82) is 0 Å². The van der Waals surface area contributed by atoms with Gasteiger partial charge in [0, 0.05) is 18.5 Å².